The molecule has 25 heavy (non-hydrogen) atoms. The van der Waals surface area contributed by atoms with Gasteiger partial charge in [-0.05, 0) is 30.7 Å². The molecule has 2 fully saturated rings. The number of alkyl halides is 1. The van der Waals surface area contributed by atoms with Gasteiger partial charge in [0.15, 0.2) is 5.67 Å². The standard InChI is InChI=1S/C19H25FN2O3/c1-13(9-17(23)25-3)14-5-4-6-16(10-14)22-12-15-11-21(2)8-7-19(15,20)18(22)24/h4-6,10,13,15H,7-9,11-12H2,1-3H3/t13?,15-,19+/m0/s1. The van der Waals surface area contributed by atoms with E-state index in [1.165, 1.54) is 7.11 Å². The number of fused-ring (bicyclic) bond motifs is 1. The SMILES string of the molecule is COC(=O)CC(C)c1cccc(N2C[C@@H]3CN(C)CC[C@]3(F)C2=O)c1. The first-order chi connectivity index (χ1) is 11.8. The summed E-state index contributed by atoms with van der Waals surface area (Å²) in [6.07, 6.45) is 0.524. The third-order valence-corrected chi connectivity index (χ3v) is 5.49. The summed E-state index contributed by atoms with van der Waals surface area (Å²) in [4.78, 5) is 27.9. The maximum atomic E-state index is 15.3. The van der Waals surface area contributed by atoms with Crippen LogP contribution in [0.3, 0.4) is 0 Å². The molecule has 1 amide bonds. The number of nitrogens with zero attached hydrogens (tertiary/aromatic N) is 2. The van der Waals surface area contributed by atoms with Crippen molar-refractivity contribution < 1.29 is 18.7 Å². The van der Waals surface area contributed by atoms with Crippen molar-refractivity contribution >= 4 is 17.6 Å². The topological polar surface area (TPSA) is 49.9 Å². The Balaban J connectivity index is 1.82. The number of hydrogen-bond acceptors (Lipinski definition) is 4. The quantitative estimate of drug-likeness (QED) is 0.784. The van der Waals surface area contributed by atoms with Crippen LogP contribution in [0.1, 0.15) is 31.2 Å². The van der Waals surface area contributed by atoms with E-state index >= 15 is 4.39 Å². The van der Waals surface area contributed by atoms with E-state index in [0.29, 0.717) is 25.3 Å². The predicted octanol–water partition coefficient (Wildman–Crippen LogP) is 2.36. The molecule has 1 unspecified atom stereocenters. The lowest BCUT2D eigenvalue weighted by Gasteiger charge is -2.34. The van der Waals surface area contributed by atoms with Crippen LogP contribution in [0.5, 0.6) is 0 Å². The van der Waals surface area contributed by atoms with Crippen LogP contribution in [-0.4, -0.2) is 56.2 Å². The minimum Gasteiger partial charge on any atom is -0.469 e. The summed E-state index contributed by atoms with van der Waals surface area (Å²) in [6.45, 7) is 3.53. The van der Waals surface area contributed by atoms with Gasteiger partial charge in [-0.15, -0.1) is 0 Å². The molecule has 0 saturated carbocycles. The normalized spacial score (nSPS) is 27.9. The van der Waals surface area contributed by atoms with Crippen LogP contribution in [0, 0.1) is 5.92 Å². The van der Waals surface area contributed by atoms with E-state index in [1.54, 1.807) is 4.90 Å². The van der Waals surface area contributed by atoms with Gasteiger partial charge in [0.05, 0.1) is 13.5 Å². The van der Waals surface area contributed by atoms with Crippen molar-refractivity contribution in [1.82, 2.24) is 4.90 Å². The third-order valence-electron chi connectivity index (χ3n) is 5.49. The number of methoxy groups -OCH3 is 1. The second-order valence-electron chi connectivity index (χ2n) is 7.26. The van der Waals surface area contributed by atoms with Gasteiger partial charge in [-0.2, -0.15) is 0 Å². The molecule has 136 valence electrons. The fourth-order valence-corrected chi connectivity index (χ4v) is 3.85. The number of hydrogen-bond donors (Lipinski definition) is 0. The Hall–Kier alpha value is -1.95. The molecule has 3 rings (SSSR count). The molecule has 0 bridgehead atoms. The van der Waals surface area contributed by atoms with E-state index in [-0.39, 0.29) is 30.6 Å². The van der Waals surface area contributed by atoms with Crippen molar-refractivity contribution in [3.8, 4) is 0 Å². The number of amides is 1. The first-order valence-corrected chi connectivity index (χ1v) is 8.71. The second kappa shape index (κ2) is 6.75. The lowest BCUT2D eigenvalue weighted by atomic mass is 9.85. The molecule has 1 aromatic rings. The van der Waals surface area contributed by atoms with E-state index in [0.717, 1.165) is 5.56 Å². The molecule has 1 aromatic carbocycles. The van der Waals surface area contributed by atoms with Gasteiger partial charge in [-0.1, -0.05) is 19.1 Å². The molecule has 0 spiro atoms. The van der Waals surface area contributed by atoms with Crippen molar-refractivity contribution in [3.63, 3.8) is 0 Å². The molecule has 0 radical (unpaired) electrons. The fourth-order valence-electron chi connectivity index (χ4n) is 3.85. The molecule has 0 aliphatic carbocycles. The van der Waals surface area contributed by atoms with Gasteiger partial charge >= 0.3 is 5.97 Å². The average molecular weight is 348 g/mol. The monoisotopic (exact) mass is 348 g/mol. The lowest BCUT2D eigenvalue weighted by molar-refractivity contribution is -0.141. The van der Waals surface area contributed by atoms with Crippen molar-refractivity contribution in [2.24, 2.45) is 5.92 Å². The van der Waals surface area contributed by atoms with Crippen LogP contribution in [0.25, 0.3) is 0 Å². The summed E-state index contributed by atoms with van der Waals surface area (Å²) in [5.41, 5.74) is -0.107. The molecular weight excluding hydrogens is 323 g/mol. The zero-order valence-corrected chi connectivity index (χ0v) is 15.0. The smallest absolute Gasteiger partial charge is 0.306 e. The number of carbonyl (C=O) groups excluding carboxylic acids is 2. The van der Waals surface area contributed by atoms with Gasteiger partial charge in [0, 0.05) is 37.7 Å². The highest BCUT2D eigenvalue weighted by Crippen LogP contribution is 2.41. The van der Waals surface area contributed by atoms with E-state index in [9.17, 15) is 9.59 Å². The number of halogens is 1. The van der Waals surface area contributed by atoms with Crippen molar-refractivity contribution in [2.45, 2.75) is 31.4 Å². The maximum absolute atomic E-state index is 15.3. The molecular formula is C19H25FN2O3. The van der Waals surface area contributed by atoms with E-state index in [2.05, 4.69) is 4.90 Å². The van der Waals surface area contributed by atoms with Gasteiger partial charge < -0.3 is 14.5 Å². The predicted molar refractivity (Wildman–Crippen MR) is 93.3 cm³/mol. The van der Waals surface area contributed by atoms with Crippen LogP contribution in [0.15, 0.2) is 24.3 Å². The maximum Gasteiger partial charge on any atom is 0.306 e. The number of likely N-dealkylation sites (tertiary alicyclic amines) is 1. The van der Waals surface area contributed by atoms with Crippen molar-refractivity contribution in [3.05, 3.63) is 29.8 Å². The van der Waals surface area contributed by atoms with Crippen molar-refractivity contribution in [2.75, 3.05) is 38.7 Å². The first kappa shape index (κ1) is 17.9. The van der Waals surface area contributed by atoms with Gasteiger partial charge in [-0.3, -0.25) is 9.59 Å². The molecule has 2 saturated heterocycles. The van der Waals surface area contributed by atoms with Crippen LogP contribution in [-0.2, 0) is 14.3 Å². The van der Waals surface area contributed by atoms with Crippen LogP contribution < -0.4 is 4.90 Å². The lowest BCUT2D eigenvalue weighted by Crippen LogP contribution is -2.49. The van der Waals surface area contributed by atoms with Crippen LogP contribution in [0.2, 0.25) is 0 Å². The first-order valence-electron chi connectivity index (χ1n) is 8.71. The Morgan fingerprint density at radius 3 is 2.92 bits per heavy atom. The summed E-state index contributed by atoms with van der Waals surface area (Å²) in [5, 5.41) is 0. The minimum atomic E-state index is -1.75. The molecule has 2 aliphatic heterocycles. The zero-order chi connectivity index (χ0) is 18.2. The molecule has 2 aliphatic rings. The highest BCUT2D eigenvalue weighted by atomic mass is 19.1. The summed E-state index contributed by atoms with van der Waals surface area (Å²) >= 11 is 0. The Morgan fingerprint density at radius 2 is 2.20 bits per heavy atom. The molecule has 6 heteroatoms. The van der Waals surface area contributed by atoms with E-state index < -0.39 is 11.6 Å². The zero-order valence-electron chi connectivity index (χ0n) is 15.0. The molecule has 3 atom stereocenters. The minimum absolute atomic E-state index is 0.0298. The molecule has 5 nitrogen and oxygen atoms in total. The largest absolute Gasteiger partial charge is 0.469 e. The van der Waals surface area contributed by atoms with Crippen LogP contribution in [0.4, 0.5) is 10.1 Å². The average Bonchev–Trinajstić information content (AvgIpc) is 2.86. The fraction of sp³-hybridized carbons (Fsp3) is 0.579. The number of anilines is 1. The van der Waals surface area contributed by atoms with Gasteiger partial charge in [0.2, 0.25) is 0 Å². The van der Waals surface area contributed by atoms with Crippen LogP contribution >= 0.6 is 0 Å². The number of piperidine rings is 1. The Bertz CT molecular complexity index is 680. The second-order valence-corrected chi connectivity index (χ2v) is 7.26. The Kier molecular flexibility index (Phi) is 4.82. The number of benzene rings is 1. The number of ether oxygens (including phenoxy) is 1. The summed E-state index contributed by atoms with van der Waals surface area (Å²) < 4.78 is 20.0. The number of rotatable bonds is 4. The van der Waals surface area contributed by atoms with Crippen molar-refractivity contribution in [1.29, 1.82) is 0 Å². The molecule has 2 heterocycles. The number of esters is 1. The highest BCUT2D eigenvalue weighted by molar-refractivity contribution is 6.02. The van der Waals surface area contributed by atoms with Gasteiger partial charge in [-0.25, -0.2) is 4.39 Å². The highest BCUT2D eigenvalue weighted by Gasteiger charge is 2.56. The Labute approximate surface area is 147 Å². The Morgan fingerprint density at radius 1 is 1.44 bits per heavy atom. The third kappa shape index (κ3) is 3.27. The van der Waals surface area contributed by atoms with E-state index in [4.69, 9.17) is 4.74 Å². The summed E-state index contributed by atoms with van der Waals surface area (Å²) in [7, 11) is 3.33. The number of carbonyl (C=O) groups is 2. The van der Waals surface area contributed by atoms with Gasteiger partial charge in [0.25, 0.3) is 5.91 Å². The van der Waals surface area contributed by atoms with E-state index in [1.807, 2.05) is 38.2 Å². The van der Waals surface area contributed by atoms with Gasteiger partial charge in [0.1, 0.15) is 0 Å². The molecule has 0 aromatic heterocycles. The summed E-state index contributed by atoms with van der Waals surface area (Å²) in [6, 6.07) is 7.49. The molecule has 0 N–H and O–H groups in total. The summed E-state index contributed by atoms with van der Waals surface area (Å²) in [5.74, 6) is -1.02.